The summed E-state index contributed by atoms with van der Waals surface area (Å²) in [5, 5.41) is 6.95. The maximum atomic E-state index is 12.0. The molecule has 1 aliphatic rings. The zero-order chi connectivity index (χ0) is 22.5. The van der Waals surface area contributed by atoms with Crippen LogP contribution in [0.1, 0.15) is 38.5 Å². The molecule has 0 atom stereocenters. The molecule has 31 heavy (non-hydrogen) atoms. The van der Waals surface area contributed by atoms with Gasteiger partial charge in [-0.1, -0.05) is 31.0 Å². The predicted octanol–water partition coefficient (Wildman–Crippen LogP) is 2.73. The fourth-order valence-electron chi connectivity index (χ4n) is 4.03. The van der Waals surface area contributed by atoms with E-state index < -0.39 is 0 Å². The summed E-state index contributed by atoms with van der Waals surface area (Å²) in [6.07, 6.45) is 7.02. The van der Waals surface area contributed by atoms with Gasteiger partial charge < -0.3 is 25.2 Å². The van der Waals surface area contributed by atoms with Gasteiger partial charge in [-0.15, -0.1) is 0 Å². The van der Waals surface area contributed by atoms with E-state index >= 15 is 0 Å². The maximum Gasteiger partial charge on any atom is 0.243 e. The van der Waals surface area contributed by atoms with E-state index in [1.54, 1.807) is 26.1 Å². The molecule has 2 N–H and O–H groups in total. The van der Waals surface area contributed by atoms with Crippen LogP contribution < -0.4 is 15.5 Å². The van der Waals surface area contributed by atoms with Crippen molar-refractivity contribution in [2.75, 3.05) is 65.9 Å². The molecule has 0 aliphatic heterocycles. The summed E-state index contributed by atoms with van der Waals surface area (Å²) in [4.78, 5) is 20.4. The summed E-state index contributed by atoms with van der Waals surface area (Å²) in [6.45, 7) is 3.54. The number of nitrogens with zero attached hydrogens (tertiary/aromatic N) is 3. The molecule has 1 fully saturated rings. The smallest absolute Gasteiger partial charge is 0.243 e. The van der Waals surface area contributed by atoms with Crippen molar-refractivity contribution in [2.45, 2.75) is 38.5 Å². The molecule has 0 unspecified atom stereocenters. The Morgan fingerprint density at radius 2 is 1.84 bits per heavy atom. The first-order chi connectivity index (χ1) is 15.0. The van der Waals surface area contributed by atoms with Gasteiger partial charge in [-0.25, -0.2) is 4.99 Å². The number of hydrogen-bond acceptors (Lipinski definition) is 4. The molecule has 1 aromatic rings. The SMILES string of the molecule is COCCC1(CNC(=NCC(=O)N(C)C)NCCCN(C)c2ccccc2)CCCC1. The first-order valence-corrected chi connectivity index (χ1v) is 11.4. The summed E-state index contributed by atoms with van der Waals surface area (Å²) >= 11 is 0. The Morgan fingerprint density at radius 3 is 2.48 bits per heavy atom. The standard InChI is InChI=1S/C24H41N5O2/c1-28(2)22(30)19-26-23(27-20-24(15-18-31-4)13-8-9-14-24)25-16-10-17-29(3)21-11-6-5-7-12-21/h5-7,11-12H,8-10,13-20H2,1-4H3,(H2,25,26,27). The van der Waals surface area contributed by atoms with E-state index in [0.29, 0.717) is 0 Å². The highest BCUT2D eigenvalue weighted by atomic mass is 16.5. The second kappa shape index (κ2) is 13.2. The summed E-state index contributed by atoms with van der Waals surface area (Å²) in [5.74, 6) is 0.723. The van der Waals surface area contributed by atoms with Crippen LogP contribution in [-0.2, 0) is 9.53 Å². The van der Waals surface area contributed by atoms with E-state index in [0.717, 1.165) is 45.0 Å². The Hall–Kier alpha value is -2.28. The molecule has 0 radical (unpaired) electrons. The van der Waals surface area contributed by atoms with Crippen LogP contribution in [0.25, 0.3) is 0 Å². The molecule has 1 amide bonds. The molecule has 0 bridgehead atoms. The van der Waals surface area contributed by atoms with Crippen LogP contribution in [0.4, 0.5) is 5.69 Å². The van der Waals surface area contributed by atoms with E-state index in [-0.39, 0.29) is 17.9 Å². The molecule has 0 heterocycles. The van der Waals surface area contributed by atoms with Crippen LogP contribution in [0.5, 0.6) is 0 Å². The maximum absolute atomic E-state index is 12.0. The number of carbonyl (C=O) groups excluding carboxylic acids is 1. The minimum absolute atomic E-state index is 0.000117. The van der Waals surface area contributed by atoms with Gasteiger partial charge in [-0.2, -0.15) is 0 Å². The van der Waals surface area contributed by atoms with Gasteiger partial charge in [-0.3, -0.25) is 4.79 Å². The number of nitrogens with one attached hydrogen (secondary N) is 2. The van der Waals surface area contributed by atoms with E-state index in [1.807, 2.05) is 6.07 Å². The van der Waals surface area contributed by atoms with E-state index in [2.05, 4.69) is 51.8 Å². The largest absolute Gasteiger partial charge is 0.385 e. The van der Waals surface area contributed by atoms with Crippen LogP contribution >= 0.6 is 0 Å². The predicted molar refractivity (Wildman–Crippen MR) is 129 cm³/mol. The molecule has 0 saturated heterocycles. The molecule has 7 nitrogen and oxygen atoms in total. The van der Waals surface area contributed by atoms with Crippen LogP contribution in [0.3, 0.4) is 0 Å². The monoisotopic (exact) mass is 431 g/mol. The quantitative estimate of drug-likeness (QED) is 0.303. The van der Waals surface area contributed by atoms with Gasteiger partial charge in [0, 0.05) is 60.2 Å². The normalized spacial score (nSPS) is 15.5. The first kappa shape index (κ1) is 25.0. The summed E-state index contributed by atoms with van der Waals surface area (Å²) in [7, 11) is 7.40. The Kier molecular flexibility index (Phi) is 10.6. The number of likely N-dealkylation sites (N-methyl/N-ethyl adjacent to an activating group) is 1. The molecule has 0 spiro atoms. The van der Waals surface area contributed by atoms with Crippen molar-refractivity contribution < 1.29 is 9.53 Å². The van der Waals surface area contributed by atoms with Crippen molar-refractivity contribution in [2.24, 2.45) is 10.4 Å². The first-order valence-electron chi connectivity index (χ1n) is 11.4. The van der Waals surface area contributed by atoms with Crippen LogP contribution in [0, 0.1) is 5.41 Å². The minimum Gasteiger partial charge on any atom is -0.385 e. The van der Waals surface area contributed by atoms with Gasteiger partial charge in [0.15, 0.2) is 5.96 Å². The number of rotatable bonds is 12. The second-order valence-electron chi connectivity index (χ2n) is 8.79. The second-order valence-corrected chi connectivity index (χ2v) is 8.79. The van der Waals surface area contributed by atoms with E-state index in [9.17, 15) is 4.79 Å². The number of guanidine groups is 1. The van der Waals surface area contributed by atoms with Gasteiger partial charge in [0.25, 0.3) is 0 Å². The van der Waals surface area contributed by atoms with Crippen molar-refractivity contribution in [3.8, 4) is 0 Å². The van der Waals surface area contributed by atoms with Crippen molar-refractivity contribution in [1.82, 2.24) is 15.5 Å². The zero-order valence-corrected chi connectivity index (χ0v) is 19.8. The number of para-hydroxylation sites is 1. The van der Waals surface area contributed by atoms with Crippen molar-refractivity contribution in [1.29, 1.82) is 0 Å². The van der Waals surface area contributed by atoms with Crippen LogP contribution in [-0.4, -0.2) is 77.8 Å². The Balaban J connectivity index is 1.88. The number of ether oxygens (including phenoxy) is 1. The lowest BCUT2D eigenvalue weighted by molar-refractivity contribution is -0.127. The number of amides is 1. The molecule has 7 heteroatoms. The van der Waals surface area contributed by atoms with Crippen LogP contribution in [0.15, 0.2) is 35.3 Å². The average Bonchev–Trinajstić information content (AvgIpc) is 3.25. The fraction of sp³-hybridized carbons (Fsp3) is 0.667. The fourth-order valence-corrected chi connectivity index (χ4v) is 4.03. The Bertz CT molecular complexity index is 672. The van der Waals surface area contributed by atoms with Crippen molar-refractivity contribution >= 4 is 17.6 Å². The lowest BCUT2D eigenvalue weighted by atomic mass is 9.83. The molecule has 174 valence electrons. The molecular formula is C24H41N5O2. The molecule has 0 aromatic heterocycles. The van der Waals surface area contributed by atoms with Gasteiger partial charge >= 0.3 is 0 Å². The molecule has 1 aromatic carbocycles. The lowest BCUT2D eigenvalue weighted by Crippen LogP contribution is -2.44. The lowest BCUT2D eigenvalue weighted by Gasteiger charge is -2.30. The minimum atomic E-state index is -0.000117. The number of carbonyl (C=O) groups is 1. The molecular weight excluding hydrogens is 390 g/mol. The molecule has 2 rings (SSSR count). The third-order valence-corrected chi connectivity index (χ3v) is 6.16. The highest BCUT2D eigenvalue weighted by molar-refractivity contribution is 5.84. The summed E-state index contributed by atoms with van der Waals surface area (Å²) in [5.41, 5.74) is 1.48. The molecule has 1 aliphatic carbocycles. The molecule has 1 saturated carbocycles. The van der Waals surface area contributed by atoms with E-state index in [4.69, 9.17) is 4.74 Å². The average molecular weight is 432 g/mol. The highest BCUT2D eigenvalue weighted by Crippen LogP contribution is 2.40. The van der Waals surface area contributed by atoms with Gasteiger partial charge in [0.05, 0.1) is 0 Å². The summed E-state index contributed by atoms with van der Waals surface area (Å²) in [6, 6.07) is 10.4. The van der Waals surface area contributed by atoms with Crippen molar-refractivity contribution in [3.05, 3.63) is 30.3 Å². The van der Waals surface area contributed by atoms with E-state index in [1.165, 1.54) is 31.4 Å². The Morgan fingerprint density at radius 1 is 1.13 bits per heavy atom. The van der Waals surface area contributed by atoms with Crippen LogP contribution in [0.2, 0.25) is 0 Å². The number of benzene rings is 1. The number of aliphatic imine (C=N–C) groups is 1. The third kappa shape index (κ3) is 8.77. The number of hydrogen-bond donors (Lipinski definition) is 2. The number of methoxy groups -OCH3 is 1. The topological polar surface area (TPSA) is 69.2 Å². The third-order valence-electron chi connectivity index (χ3n) is 6.16. The van der Waals surface area contributed by atoms with Crippen molar-refractivity contribution in [3.63, 3.8) is 0 Å². The zero-order valence-electron chi connectivity index (χ0n) is 19.8. The van der Waals surface area contributed by atoms with Gasteiger partial charge in [0.2, 0.25) is 5.91 Å². The highest BCUT2D eigenvalue weighted by Gasteiger charge is 2.33. The summed E-state index contributed by atoms with van der Waals surface area (Å²) < 4.78 is 5.35. The van der Waals surface area contributed by atoms with Gasteiger partial charge in [0.1, 0.15) is 6.54 Å². The number of anilines is 1. The Labute approximate surface area is 188 Å². The van der Waals surface area contributed by atoms with Gasteiger partial charge in [-0.05, 0) is 43.2 Å².